The summed E-state index contributed by atoms with van der Waals surface area (Å²) >= 11 is 0. The molecule has 19 heteroatoms. The molecule has 4 aromatic rings. The van der Waals surface area contributed by atoms with Gasteiger partial charge in [0.25, 0.3) is 19.1 Å². The smallest absolute Gasteiger partial charge is 0.261 e. The molecule has 0 spiro atoms. The van der Waals surface area contributed by atoms with E-state index in [1.54, 1.807) is 0 Å². The molecule has 3 N–H and O–H groups in total. The fourth-order valence-corrected chi connectivity index (χ4v) is 7.65. The van der Waals surface area contributed by atoms with Gasteiger partial charge in [0.2, 0.25) is 5.91 Å². The van der Waals surface area contributed by atoms with Crippen molar-refractivity contribution in [1.29, 1.82) is 0 Å². The number of fused-ring (bicyclic) bond motifs is 1. The number of amides is 1. The minimum Gasteiger partial charge on any atom is -0.505 e. The Morgan fingerprint density at radius 1 is 0.733 bits per heavy atom. The summed E-state index contributed by atoms with van der Waals surface area (Å²) in [6.45, 7) is 1.17. The number of hydrogen-bond acceptors (Lipinski definition) is 12. The SMILES string of the molecule is CC(=O)Nc1cc(N=Nc2ccc(S(C)(=O)=O)cc2S(C)(=O)=O)c2c(NS(=O)(=O)c3cccc(S(=O)(=O)Cl)c3)cccc2c1O. The molecule has 0 saturated carbocycles. The number of phenols is 1. The first-order valence-corrected chi connectivity index (χ1v) is 19.9. The van der Waals surface area contributed by atoms with Crippen LogP contribution in [0.4, 0.5) is 22.7 Å². The zero-order valence-corrected chi connectivity index (χ0v) is 27.4. The first-order valence-electron chi connectivity index (χ1n) is 12.3. The fraction of sp³-hybridized carbons (Fsp3) is 0.115. The number of carbonyl (C=O) groups excluding carboxylic acids is 1. The van der Waals surface area contributed by atoms with Crippen LogP contribution < -0.4 is 10.0 Å². The van der Waals surface area contributed by atoms with Gasteiger partial charge in [0.05, 0.1) is 36.6 Å². The fourth-order valence-electron chi connectivity index (χ4n) is 4.11. The molecule has 0 fully saturated rings. The predicted molar refractivity (Wildman–Crippen MR) is 167 cm³/mol. The number of phenolic OH excluding ortho intramolecular Hbond substituents is 1. The van der Waals surface area contributed by atoms with Gasteiger partial charge in [0.1, 0.15) is 11.4 Å². The third kappa shape index (κ3) is 7.59. The molecule has 45 heavy (non-hydrogen) atoms. The summed E-state index contributed by atoms with van der Waals surface area (Å²) in [6.07, 6.45) is 1.74. The van der Waals surface area contributed by atoms with E-state index in [0.29, 0.717) is 0 Å². The summed E-state index contributed by atoms with van der Waals surface area (Å²) < 4.78 is 102. The third-order valence-electron chi connectivity index (χ3n) is 6.09. The average Bonchev–Trinajstić information content (AvgIpc) is 2.92. The standard InChI is InChI=1S/C26H23ClN4O10S4/c1-15(32)28-23-14-22(30-29-20-11-10-16(42(2,34)35)13-24(20)43(3,36)37)25-19(26(23)33)8-5-9-21(25)31-45(40,41)18-7-4-6-17(12-18)44(27,38)39/h4-14,31,33H,1-3H3,(H,28,32). The second-order valence-corrected chi connectivity index (χ2v) is 17.8. The Morgan fingerprint density at radius 2 is 1.36 bits per heavy atom. The molecule has 0 saturated heterocycles. The lowest BCUT2D eigenvalue weighted by molar-refractivity contribution is -0.114. The van der Waals surface area contributed by atoms with Gasteiger partial charge in [0, 0.05) is 40.9 Å². The second-order valence-electron chi connectivity index (χ2n) is 9.59. The number of sulfone groups is 2. The van der Waals surface area contributed by atoms with Crippen LogP contribution in [0.15, 0.2) is 96.5 Å². The number of rotatable bonds is 9. The molecule has 0 heterocycles. The number of aromatic hydroxyl groups is 1. The van der Waals surface area contributed by atoms with Crippen molar-refractivity contribution in [2.45, 2.75) is 26.5 Å². The lowest BCUT2D eigenvalue weighted by Crippen LogP contribution is -2.14. The lowest BCUT2D eigenvalue weighted by Gasteiger charge is -2.15. The minimum atomic E-state index is -4.49. The van der Waals surface area contributed by atoms with Crippen LogP contribution >= 0.6 is 10.7 Å². The number of carbonyl (C=O) groups is 1. The van der Waals surface area contributed by atoms with E-state index in [0.717, 1.165) is 55.0 Å². The number of hydrogen-bond donors (Lipinski definition) is 3. The highest BCUT2D eigenvalue weighted by atomic mass is 35.7. The molecule has 0 atom stereocenters. The molecule has 0 aromatic heterocycles. The third-order valence-corrected chi connectivity index (χ3v) is 11.0. The summed E-state index contributed by atoms with van der Waals surface area (Å²) in [5.74, 6) is -1.04. The van der Waals surface area contributed by atoms with Gasteiger partial charge in [-0.05, 0) is 48.5 Å². The van der Waals surface area contributed by atoms with Gasteiger partial charge in [-0.1, -0.05) is 18.2 Å². The van der Waals surface area contributed by atoms with Crippen molar-refractivity contribution < 1.29 is 43.6 Å². The summed E-state index contributed by atoms with van der Waals surface area (Å²) in [5, 5.41) is 21.4. The molecule has 1 amide bonds. The van der Waals surface area contributed by atoms with Gasteiger partial charge in [-0.2, -0.15) is 0 Å². The largest absolute Gasteiger partial charge is 0.505 e. The van der Waals surface area contributed by atoms with E-state index in [4.69, 9.17) is 10.7 Å². The summed E-state index contributed by atoms with van der Waals surface area (Å²) in [6, 6.07) is 12.6. The number of nitrogens with zero attached hydrogens (tertiary/aromatic N) is 2. The molecule has 14 nitrogen and oxygen atoms in total. The Bertz CT molecular complexity index is 2360. The van der Waals surface area contributed by atoms with Crippen molar-refractivity contribution in [3.63, 3.8) is 0 Å². The maximum absolute atomic E-state index is 13.3. The van der Waals surface area contributed by atoms with Crippen LogP contribution in [-0.2, 0) is 43.5 Å². The summed E-state index contributed by atoms with van der Waals surface area (Å²) in [4.78, 5) is 10.1. The molecule has 0 radical (unpaired) electrons. The number of sulfonamides is 1. The topological polar surface area (TPSA) is 223 Å². The normalized spacial score (nSPS) is 12.8. The highest BCUT2D eigenvalue weighted by Crippen LogP contribution is 2.44. The molecule has 0 aliphatic heterocycles. The Kier molecular flexibility index (Phi) is 9.02. The molecular weight excluding hydrogens is 692 g/mol. The number of azo groups is 1. The zero-order valence-electron chi connectivity index (χ0n) is 23.4. The van der Waals surface area contributed by atoms with Gasteiger partial charge in [-0.15, -0.1) is 10.2 Å². The molecule has 4 aromatic carbocycles. The van der Waals surface area contributed by atoms with E-state index < -0.39 is 65.1 Å². The van der Waals surface area contributed by atoms with E-state index in [1.807, 2.05) is 0 Å². The van der Waals surface area contributed by atoms with Gasteiger partial charge in [-0.3, -0.25) is 9.52 Å². The Balaban J connectivity index is 1.96. The Morgan fingerprint density at radius 3 is 1.96 bits per heavy atom. The van der Waals surface area contributed by atoms with Crippen molar-refractivity contribution in [2.24, 2.45) is 10.2 Å². The van der Waals surface area contributed by atoms with Gasteiger partial charge >= 0.3 is 0 Å². The van der Waals surface area contributed by atoms with E-state index in [1.165, 1.54) is 31.2 Å². The predicted octanol–water partition coefficient (Wildman–Crippen LogP) is 4.45. The van der Waals surface area contributed by atoms with Gasteiger partial charge < -0.3 is 10.4 Å². The second kappa shape index (κ2) is 12.0. The van der Waals surface area contributed by atoms with Crippen LogP contribution in [0, 0.1) is 0 Å². The molecule has 4 rings (SSSR count). The zero-order chi connectivity index (χ0) is 33.5. The summed E-state index contributed by atoms with van der Waals surface area (Å²) in [7, 11) is -11.2. The van der Waals surface area contributed by atoms with Crippen molar-refractivity contribution in [2.75, 3.05) is 22.6 Å². The molecular formula is C26H23ClN4O10S4. The van der Waals surface area contributed by atoms with E-state index >= 15 is 0 Å². The number of halogens is 1. The lowest BCUT2D eigenvalue weighted by atomic mass is 10.0. The quantitative estimate of drug-likeness (QED) is 0.125. The molecule has 0 unspecified atom stereocenters. The first kappa shape index (κ1) is 33.8. The van der Waals surface area contributed by atoms with Crippen molar-refractivity contribution in [3.8, 4) is 5.75 Å². The van der Waals surface area contributed by atoms with Crippen molar-refractivity contribution in [3.05, 3.63) is 66.7 Å². The molecule has 0 bridgehead atoms. The highest BCUT2D eigenvalue weighted by molar-refractivity contribution is 8.13. The minimum absolute atomic E-state index is 0.0109. The Hall–Kier alpha value is -4.10. The average molecular weight is 715 g/mol. The van der Waals surface area contributed by atoms with E-state index in [9.17, 15) is 43.6 Å². The van der Waals surface area contributed by atoms with Crippen LogP contribution in [-0.4, -0.2) is 57.2 Å². The highest BCUT2D eigenvalue weighted by Gasteiger charge is 2.23. The van der Waals surface area contributed by atoms with Crippen molar-refractivity contribution in [1.82, 2.24) is 0 Å². The molecule has 238 valence electrons. The number of anilines is 2. The molecule has 0 aliphatic rings. The molecule has 0 aliphatic carbocycles. The van der Waals surface area contributed by atoms with Crippen LogP contribution in [0.3, 0.4) is 0 Å². The van der Waals surface area contributed by atoms with Gasteiger partial charge in [0.15, 0.2) is 19.7 Å². The first-order chi connectivity index (χ1) is 20.7. The number of nitrogens with one attached hydrogen (secondary N) is 2. The van der Waals surface area contributed by atoms with Crippen LogP contribution in [0.25, 0.3) is 10.8 Å². The maximum Gasteiger partial charge on any atom is 0.261 e. The van der Waals surface area contributed by atoms with Crippen LogP contribution in [0.2, 0.25) is 0 Å². The van der Waals surface area contributed by atoms with E-state index in [2.05, 4.69) is 20.3 Å². The summed E-state index contributed by atoms with van der Waals surface area (Å²) in [5.41, 5.74) is -0.723. The number of benzene rings is 4. The monoisotopic (exact) mass is 714 g/mol. The van der Waals surface area contributed by atoms with Crippen molar-refractivity contribution >= 4 is 88.9 Å². The van der Waals surface area contributed by atoms with Crippen LogP contribution in [0.1, 0.15) is 6.92 Å². The Labute approximate surface area is 263 Å². The van der Waals surface area contributed by atoms with E-state index in [-0.39, 0.29) is 38.4 Å². The maximum atomic E-state index is 13.3. The van der Waals surface area contributed by atoms with Crippen LogP contribution in [0.5, 0.6) is 5.75 Å². The van der Waals surface area contributed by atoms with Gasteiger partial charge in [-0.25, -0.2) is 33.7 Å².